The minimum Gasteiger partial charge on any atom is -0.355 e. The molecule has 0 radical (unpaired) electrons. The SMILES string of the molecule is C#CCC(CC)NC1CCCCNC1=O. The van der Waals surface area contributed by atoms with Crippen LogP contribution in [0.15, 0.2) is 0 Å². The van der Waals surface area contributed by atoms with Gasteiger partial charge >= 0.3 is 0 Å². The highest BCUT2D eigenvalue weighted by atomic mass is 16.2. The number of hydrogen-bond donors (Lipinski definition) is 2. The van der Waals surface area contributed by atoms with Crippen molar-refractivity contribution in [3.8, 4) is 12.3 Å². The highest BCUT2D eigenvalue weighted by molar-refractivity contribution is 5.81. The van der Waals surface area contributed by atoms with Gasteiger partial charge in [-0.15, -0.1) is 12.3 Å². The van der Waals surface area contributed by atoms with Gasteiger partial charge in [0.15, 0.2) is 0 Å². The maximum absolute atomic E-state index is 11.6. The van der Waals surface area contributed by atoms with Crippen LogP contribution in [0.25, 0.3) is 0 Å². The lowest BCUT2D eigenvalue weighted by molar-refractivity contribution is -0.123. The molecule has 2 atom stereocenters. The summed E-state index contributed by atoms with van der Waals surface area (Å²) in [6.07, 6.45) is 10.0. The summed E-state index contributed by atoms with van der Waals surface area (Å²) in [6, 6.07) is 0.217. The summed E-state index contributed by atoms with van der Waals surface area (Å²) in [6.45, 7) is 2.90. The van der Waals surface area contributed by atoms with E-state index in [4.69, 9.17) is 6.42 Å². The first-order valence-electron chi connectivity index (χ1n) is 5.75. The van der Waals surface area contributed by atoms with E-state index in [1.54, 1.807) is 0 Å². The number of carbonyl (C=O) groups excluding carboxylic acids is 1. The zero-order chi connectivity index (χ0) is 11.1. The van der Waals surface area contributed by atoms with E-state index < -0.39 is 0 Å². The molecular formula is C12H20N2O. The van der Waals surface area contributed by atoms with E-state index in [-0.39, 0.29) is 18.0 Å². The van der Waals surface area contributed by atoms with Crippen molar-refractivity contribution in [3.05, 3.63) is 0 Å². The number of carbonyl (C=O) groups is 1. The Labute approximate surface area is 92.0 Å². The van der Waals surface area contributed by atoms with Gasteiger partial charge < -0.3 is 10.6 Å². The van der Waals surface area contributed by atoms with Gasteiger partial charge in [0.25, 0.3) is 0 Å². The van der Waals surface area contributed by atoms with Crippen molar-refractivity contribution < 1.29 is 4.79 Å². The molecule has 1 rings (SSSR count). The van der Waals surface area contributed by atoms with E-state index in [0.29, 0.717) is 6.42 Å². The number of amides is 1. The van der Waals surface area contributed by atoms with Crippen molar-refractivity contribution in [1.82, 2.24) is 10.6 Å². The van der Waals surface area contributed by atoms with Crippen molar-refractivity contribution in [2.75, 3.05) is 6.54 Å². The van der Waals surface area contributed by atoms with Crippen LogP contribution >= 0.6 is 0 Å². The zero-order valence-electron chi connectivity index (χ0n) is 9.38. The second-order valence-electron chi connectivity index (χ2n) is 4.02. The molecule has 1 fully saturated rings. The van der Waals surface area contributed by atoms with Crippen molar-refractivity contribution in [3.63, 3.8) is 0 Å². The smallest absolute Gasteiger partial charge is 0.237 e. The van der Waals surface area contributed by atoms with Crippen molar-refractivity contribution >= 4 is 5.91 Å². The number of rotatable bonds is 4. The Morgan fingerprint density at radius 2 is 2.47 bits per heavy atom. The Hall–Kier alpha value is -1.01. The molecule has 3 nitrogen and oxygen atoms in total. The average molecular weight is 208 g/mol. The van der Waals surface area contributed by atoms with E-state index in [1.807, 2.05) is 0 Å². The molecular weight excluding hydrogens is 188 g/mol. The summed E-state index contributed by atoms with van der Waals surface area (Å²) >= 11 is 0. The van der Waals surface area contributed by atoms with Gasteiger partial charge in [0.1, 0.15) is 0 Å². The van der Waals surface area contributed by atoms with Gasteiger partial charge in [0.2, 0.25) is 5.91 Å². The molecule has 0 aromatic rings. The molecule has 1 heterocycles. The molecule has 1 aliphatic rings. The predicted molar refractivity (Wildman–Crippen MR) is 61.3 cm³/mol. The second kappa shape index (κ2) is 6.47. The molecule has 84 valence electrons. The first-order chi connectivity index (χ1) is 7.27. The predicted octanol–water partition coefficient (Wildman–Crippen LogP) is 1.05. The number of nitrogens with one attached hydrogen (secondary N) is 2. The third-order valence-corrected chi connectivity index (χ3v) is 2.83. The molecule has 2 N–H and O–H groups in total. The summed E-state index contributed by atoms with van der Waals surface area (Å²) < 4.78 is 0. The second-order valence-corrected chi connectivity index (χ2v) is 4.02. The summed E-state index contributed by atoms with van der Waals surface area (Å²) in [5, 5.41) is 6.25. The van der Waals surface area contributed by atoms with Gasteiger partial charge in [0.05, 0.1) is 6.04 Å². The van der Waals surface area contributed by atoms with E-state index in [2.05, 4.69) is 23.5 Å². The van der Waals surface area contributed by atoms with Crippen LogP contribution in [0.3, 0.4) is 0 Å². The molecule has 0 bridgehead atoms. The molecule has 15 heavy (non-hydrogen) atoms. The van der Waals surface area contributed by atoms with Crippen LogP contribution in [0.1, 0.15) is 39.0 Å². The first-order valence-corrected chi connectivity index (χ1v) is 5.75. The van der Waals surface area contributed by atoms with Gasteiger partial charge in [-0.25, -0.2) is 0 Å². The normalized spacial score (nSPS) is 23.7. The van der Waals surface area contributed by atoms with Crippen LogP contribution < -0.4 is 10.6 Å². The fourth-order valence-electron chi connectivity index (χ4n) is 1.85. The van der Waals surface area contributed by atoms with Gasteiger partial charge in [-0.3, -0.25) is 4.79 Å². The largest absolute Gasteiger partial charge is 0.355 e. The minimum atomic E-state index is -0.0502. The molecule has 0 aliphatic carbocycles. The maximum atomic E-state index is 11.6. The summed E-state index contributed by atoms with van der Waals surface area (Å²) in [7, 11) is 0. The third-order valence-electron chi connectivity index (χ3n) is 2.83. The highest BCUT2D eigenvalue weighted by Crippen LogP contribution is 2.08. The fraction of sp³-hybridized carbons (Fsp3) is 0.750. The Morgan fingerprint density at radius 1 is 1.67 bits per heavy atom. The lowest BCUT2D eigenvalue weighted by Crippen LogP contribution is -2.47. The standard InChI is InChI=1S/C12H20N2O/c1-3-7-10(4-2)14-11-8-5-6-9-13-12(11)15/h1,10-11,14H,4-9H2,2H3,(H,13,15). The van der Waals surface area contributed by atoms with Gasteiger partial charge in [-0.1, -0.05) is 6.92 Å². The van der Waals surface area contributed by atoms with Gasteiger partial charge in [-0.05, 0) is 25.7 Å². The van der Waals surface area contributed by atoms with Crippen LogP contribution in [0, 0.1) is 12.3 Å². The average Bonchev–Trinajstić information content (AvgIpc) is 2.43. The van der Waals surface area contributed by atoms with Gasteiger partial charge in [0, 0.05) is 19.0 Å². The number of terminal acetylenes is 1. The van der Waals surface area contributed by atoms with Crippen LogP contribution in [0.2, 0.25) is 0 Å². The monoisotopic (exact) mass is 208 g/mol. The van der Waals surface area contributed by atoms with E-state index in [0.717, 1.165) is 32.2 Å². The lowest BCUT2D eigenvalue weighted by Gasteiger charge is -2.21. The van der Waals surface area contributed by atoms with Crippen LogP contribution in [-0.4, -0.2) is 24.5 Å². The third kappa shape index (κ3) is 3.93. The van der Waals surface area contributed by atoms with Crippen LogP contribution in [-0.2, 0) is 4.79 Å². The van der Waals surface area contributed by atoms with Crippen LogP contribution in [0.4, 0.5) is 0 Å². The molecule has 0 aromatic heterocycles. The Kier molecular flexibility index (Phi) is 5.20. The molecule has 0 spiro atoms. The van der Waals surface area contributed by atoms with Crippen molar-refractivity contribution in [1.29, 1.82) is 0 Å². The number of hydrogen-bond acceptors (Lipinski definition) is 2. The maximum Gasteiger partial charge on any atom is 0.237 e. The highest BCUT2D eigenvalue weighted by Gasteiger charge is 2.22. The molecule has 0 aromatic carbocycles. The van der Waals surface area contributed by atoms with Crippen molar-refractivity contribution in [2.45, 2.75) is 51.1 Å². The van der Waals surface area contributed by atoms with E-state index in [9.17, 15) is 4.79 Å². The van der Waals surface area contributed by atoms with E-state index in [1.165, 1.54) is 0 Å². The lowest BCUT2D eigenvalue weighted by atomic mass is 10.1. The first kappa shape index (κ1) is 12.1. The summed E-state index contributed by atoms with van der Waals surface area (Å²) in [5.41, 5.74) is 0. The molecule has 1 aliphatic heterocycles. The Balaban J connectivity index is 2.46. The van der Waals surface area contributed by atoms with Crippen LogP contribution in [0.5, 0.6) is 0 Å². The topological polar surface area (TPSA) is 41.1 Å². The van der Waals surface area contributed by atoms with E-state index >= 15 is 0 Å². The van der Waals surface area contributed by atoms with Crippen molar-refractivity contribution in [2.24, 2.45) is 0 Å². The Bertz CT molecular complexity index is 244. The zero-order valence-corrected chi connectivity index (χ0v) is 9.38. The summed E-state index contributed by atoms with van der Waals surface area (Å²) in [5.74, 6) is 2.77. The molecule has 1 amide bonds. The molecule has 0 saturated carbocycles. The fourth-order valence-corrected chi connectivity index (χ4v) is 1.85. The van der Waals surface area contributed by atoms with Gasteiger partial charge in [-0.2, -0.15) is 0 Å². The molecule has 3 heteroatoms. The Morgan fingerprint density at radius 3 is 3.13 bits per heavy atom. The quantitative estimate of drug-likeness (QED) is 0.678. The molecule has 2 unspecified atom stereocenters. The minimum absolute atomic E-state index is 0.0502. The summed E-state index contributed by atoms with van der Waals surface area (Å²) in [4.78, 5) is 11.6. The molecule has 1 saturated heterocycles.